The van der Waals surface area contributed by atoms with Crippen LogP contribution in [0.4, 0.5) is 0 Å². The number of hydrogen-bond donors (Lipinski definition) is 1. The molecule has 0 saturated carbocycles. The van der Waals surface area contributed by atoms with Crippen LogP contribution in [0.2, 0.25) is 0 Å². The van der Waals surface area contributed by atoms with Crippen LogP contribution in [-0.2, 0) is 10.1 Å². The lowest BCUT2D eigenvalue weighted by molar-refractivity contribution is 0.0955. The summed E-state index contributed by atoms with van der Waals surface area (Å²) in [6.07, 6.45) is 1.43. The Morgan fingerprint density at radius 2 is 1.79 bits per heavy atom. The number of carbonyl (C=O) groups is 1. The number of benzene rings is 3. The van der Waals surface area contributed by atoms with Crippen LogP contribution in [0, 0.1) is 3.57 Å². The second-order valence-electron chi connectivity index (χ2n) is 6.54. The summed E-state index contributed by atoms with van der Waals surface area (Å²) in [4.78, 5) is 12.3. The molecule has 3 aromatic rings. The number of carbonyl (C=O) groups excluding carboxylic acids is 1. The molecule has 3 rings (SSSR count). The fourth-order valence-corrected chi connectivity index (χ4v) is 4.59. The predicted octanol–water partition coefficient (Wildman–Crippen LogP) is 4.23. The van der Waals surface area contributed by atoms with Crippen molar-refractivity contribution in [2.24, 2.45) is 5.10 Å². The average molecular weight is 580 g/mol. The third-order valence-electron chi connectivity index (χ3n) is 4.29. The van der Waals surface area contributed by atoms with Gasteiger partial charge in [-0.15, -0.1) is 0 Å². The minimum atomic E-state index is -4.04. The summed E-state index contributed by atoms with van der Waals surface area (Å²) in [5, 5.41) is 3.98. The fraction of sp³-hybridized carbons (Fsp3) is 0.130. The summed E-state index contributed by atoms with van der Waals surface area (Å²) >= 11 is 1.96. The molecule has 1 amide bonds. The summed E-state index contributed by atoms with van der Waals surface area (Å²) in [5.74, 6) is 0.583. The summed E-state index contributed by atoms with van der Waals surface area (Å²) in [7, 11) is -2.49. The molecule has 0 aliphatic heterocycles. The van der Waals surface area contributed by atoms with Gasteiger partial charge in [0, 0.05) is 5.56 Å². The monoisotopic (exact) mass is 580 g/mol. The number of methoxy groups -OCH3 is 1. The summed E-state index contributed by atoms with van der Waals surface area (Å²) in [6.45, 7) is 2.07. The molecule has 1 N–H and O–H groups in total. The SMILES string of the molecule is CCOc1cc(/C=N\NC(=O)c2ccc(OC)cc2)cc(I)c1OS(=O)(=O)c1ccccc1. The molecular formula is C23H21IN2O6S. The number of rotatable bonds is 9. The van der Waals surface area contributed by atoms with Crippen molar-refractivity contribution in [1.82, 2.24) is 5.43 Å². The average Bonchev–Trinajstić information content (AvgIpc) is 2.82. The standard InChI is InChI=1S/C23H21IN2O6S/c1-3-31-21-14-16(15-25-26-23(27)17-9-11-18(30-2)12-10-17)13-20(24)22(21)32-33(28,29)19-7-5-4-6-8-19/h4-15H,3H2,1-2H3,(H,26,27)/b25-15-. The van der Waals surface area contributed by atoms with E-state index >= 15 is 0 Å². The zero-order valence-electron chi connectivity index (χ0n) is 17.8. The Labute approximate surface area is 205 Å². The number of nitrogens with zero attached hydrogens (tertiary/aromatic N) is 1. The first-order valence-corrected chi connectivity index (χ1v) is 12.3. The third kappa shape index (κ3) is 6.45. The van der Waals surface area contributed by atoms with Crippen LogP contribution < -0.4 is 19.1 Å². The van der Waals surface area contributed by atoms with Gasteiger partial charge in [-0.2, -0.15) is 13.5 Å². The van der Waals surface area contributed by atoms with Gasteiger partial charge in [0.1, 0.15) is 10.6 Å². The number of ether oxygens (including phenoxy) is 2. The molecule has 0 fully saturated rings. The molecule has 0 heterocycles. The van der Waals surface area contributed by atoms with Crippen molar-refractivity contribution < 1.29 is 26.9 Å². The molecule has 10 heteroatoms. The molecular weight excluding hydrogens is 559 g/mol. The van der Waals surface area contributed by atoms with Gasteiger partial charge < -0.3 is 13.7 Å². The molecule has 0 spiro atoms. The Morgan fingerprint density at radius 1 is 1.09 bits per heavy atom. The molecule has 172 valence electrons. The first-order chi connectivity index (χ1) is 15.8. The Hall–Kier alpha value is -3.12. The number of hydrazone groups is 1. The molecule has 0 aliphatic rings. The van der Waals surface area contributed by atoms with Crippen LogP contribution >= 0.6 is 22.6 Å². The van der Waals surface area contributed by atoms with Crippen molar-refractivity contribution in [3.05, 3.63) is 81.4 Å². The van der Waals surface area contributed by atoms with Crippen molar-refractivity contribution in [2.75, 3.05) is 13.7 Å². The molecule has 8 nitrogen and oxygen atoms in total. The lowest BCUT2D eigenvalue weighted by atomic mass is 10.2. The van der Waals surface area contributed by atoms with Crippen molar-refractivity contribution in [3.8, 4) is 17.2 Å². The van der Waals surface area contributed by atoms with Crippen molar-refractivity contribution >= 4 is 44.8 Å². The molecule has 0 aliphatic carbocycles. The summed E-state index contributed by atoms with van der Waals surface area (Å²) < 4.78 is 41.9. The molecule has 0 atom stereocenters. The lowest BCUT2D eigenvalue weighted by Gasteiger charge is -2.14. The van der Waals surface area contributed by atoms with Gasteiger partial charge in [0.15, 0.2) is 11.5 Å². The van der Waals surface area contributed by atoms with E-state index in [1.165, 1.54) is 18.3 Å². The summed E-state index contributed by atoms with van der Waals surface area (Å²) in [5.41, 5.74) is 3.46. The van der Waals surface area contributed by atoms with Gasteiger partial charge in [-0.1, -0.05) is 18.2 Å². The van der Waals surface area contributed by atoms with E-state index in [0.717, 1.165) is 0 Å². The van der Waals surface area contributed by atoms with E-state index in [-0.39, 0.29) is 22.3 Å². The highest BCUT2D eigenvalue weighted by Gasteiger charge is 2.22. The predicted molar refractivity (Wildman–Crippen MR) is 133 cm³/mol. The van der Waals surface area contributed by atoms with Crippen molar-refractivity contribution in [3.63, 3.8) is 0 Å². The number of halogens is 1. The second kappa shape index (κ2) is 11.1. The molecule has 0 unspecified atom stereocenters. The maximum Gasteiger partial charge on any atom is 0.339 e. The molecule has 0 radical (unpaired) electrons. The Balaban J connectivity index is 1.79. The first-order valence-electron chi connectivity index (χ1n) is 9.77. The Kier molecular flexibility index (Phi) is 8.28. The van der Waals surface area contributed by atoms with Gasteiger partial charge >= 0.3 is 10.1 Å². The molecule has 0 aromatic heterocycles. The largest absolute Gasteiger partial charge is 0.497 e. The quantitative estimate of drug-likeness (QED) is 0.176. The van der Waals surface area contributed by atoms with E-state index in [1.54, 1.807) is 68.6 Å². The maximum absolute atomic E-state index is 12.7. The fourth-order valence-electron chi connectivity index (χ4n) is 2.72. The smallest absolute Gasteiger partial charge is 0.339 e. The normalized spacial score (nSPS) is 11.2. The van der Waals surface area contributed by atoms with Crippen LogP contribution in [0.1, 0.15) is 22.8 Å². The van der Waals surface area contributed by atoms with E-state index in [2.05, 4.69) is 10.5 Å². The number of nitrogens with one attached hydrogen (secondary N) is 1. The second-order valence-corrected chi connectivity index (χ2v) is 9.25. The molecule has 3 aromatic carbocycles. The molecule has 33 heavy (non-hydrogen) atoms. The van der Waals surface area contributed by atoms with Crippen LogP contribution in [0.5, 0.6) is 17.2 Å². The maximum atomic E-state index is 12.7. The topological polar surface area (TPSA) is 103 Å². The van der Waals surface area contributed by atoms with Crippen molar-refractivity contribution in [2.45, 2.75) is 11.8 Å². The van der Waals surface area contributed by atoms with Gasteiger partial charge in [0.05, 0.1) is 23.5 Å². The number of amides is 1. The van der Waals surface area contributed by atoms with Gasteiger partial charge in [-0.05, 0) is 83.6 Å². The van der Waals surface area contributed by atoms with Gasteiger partial charge in [0.2, 0.25) is 0 Å². The Bertz CT molecular complexity index is 1250. The molecule has 0 bridgehead atoms. The zero-order valence-corrected chi connectivity index (χ0v) is 20.8. The van der Waals surface area contributed by atoms with Gasteiger partial charge in [-0.3, -0.25) is 4.79 Å². The van der Waals surface area contributed by atoms with E-state index < -0.39 is 10.1 Å². The van der Waals surface area contributed by atoms with Crippen LogP contribution in [0.15, 0.2) is 76.7 Å². The highest BCUT2D eigenvalue weighted by molar-refractivity contribution is 14.1. The van der Waals surface area contributed by atoms with E-state index in [9.17, 15) is 13.2 Å². The lowest BCUT2D eigenvalue weighted by Crippen LogP contribution is -2.17. The van der Waals surface area contributed by atoms with Crippen molar-refractivity contribution in [1.29, 1.82) is 0 Å². The van der Waals surface area contributed by atoms with E-state index in [1.807, 2.05) is 22.6 Å². The zero-order chi connectivity index (χ0) is 23.8. The highest BCUT2D eigenvalue weighted by atomic mass is 127. The third-order valence-corrected chi connectivity index (χ3v) is 6.33. The minimum absolute atomic E-state index is 0.0372. The Morgan fingerprint density at radius 3 is 2.42 bits per heavy atom. The van der Waals surface area contributed by atoms with E-state index in [4.69, 9.17) is 13.7 Å². The first kappa shape index (κ1) is 24.5. The van der Waals surface area contributed by atoms with Crippen LogP contribution in [0.25, 0.3) is 0 Å². The minimum Gasteiger partial charge on any atom is -0.497 e. The van der Waals surface area contributed by atoms with Crippen LogP contribution in [0.3, 0.4) is 0 Å². The van der Waals surface area contributed by atoms with Gasteiger partial charge in [0.25, 0.3) is 5.91 Å². The summed E-state index contributed by atoms with van der Waals surface area (Å²) in [6, 6.07) is 17.7. The van der Waals surface area contributed by atoms with Gasteiger partial charge in [-0.25, -0.2) is 5.43 Å². The number of hydrogen-bond acceptors (Lipinski definition) is 7. The highest BCUT2D eigenvalue weighted by Crippen LogP contribution is 2.36. The van der Waals surface area contributed by atoms with Crippen LogP contribution in [-0.4, -0.2) is 34.3 Å². The van der Waals surface area contributed by atoms with E-state index in [0.29, 0.717) is 27.1 Å². The molecule has 0 saturated heterocycles.